The van der Waals surface area contributed by atoms with Gasteiger partial charge in [0.1, 0.15) is 0 Å². The van der Waals surface area contributed by atoms with Crippen LogP contribution in [-0.2, 0) is 11.2 Å². The van der Waals surface area contributed by atoms with Crippen molar-refractivity contribution in [1.82, 2.24) is 20.2 Å². The molecule has 3 N–H and O–H groups in total. The highest BCUT2D eigenvalue weighted by Crippen LogP contribution is 2.15. The Balaban J connectivity index is 2.10. The van der Waals surface area contributed by atoms with E-state index in [1.165, 1.54) is 0 Å². The van der Waals surface area contributed by atoms with Crippen molar-refractivity contribution in [2.45, 2.75) is 40.0 Å². The molecule has 21 heavy (non-hydrogen) atoms. The van der Waals surface area contributed by atoms with Crippen LogP contribution in [0.25, 0.3) is 0 Å². The highest BCUT2D eigenvalue weighted by Gasteiger charge is 2.13. The van der Waals surface area contributed by atoms with Gasteiger partial charge in [0.25, 0.3) is 0 Å². The minimum Gasteiger partial charge on any atom is -0.310 e. The summed E-state index contributed by atoms with van der Waals surface area (Å²) >= 11 is 0. The van der Waals surface area contributed by atoms with E-state index >= 15 is 0 Å². The van der Waals surface area contributed by atoms with Gasteiger partial charge in [0.15, 0.2) is 5.82 Å². The van der Waals surface area contributed by atoms with Crippen molar-refractivity contribution < 1.29 is 4.79 Å². The number of aromatic amines is 2. The van der Waals surface area contributed by atoms with Crippen molar-refractivity contribution in [2.75, 3.05) is 5.32 Å². The normalized spacial score (nSPS) is 10.9. The molecular formula is C14H19N5O2. The van der Waals surface area contributed by atoms with E-state index in [4.69, 9.17) is 0 Å². The first kappa shape index (κ1) is 15.0. The molecular weight excluding hydrogens is 270 g/mol. The van der Waals surface area contributed by atoms with E-state index in [-0.39, 0.29) is 12.3 Å². The maximum Gasteiger partial charge on any atom is 0.345 e. The molecule has 2 aromatic heterocycles. The molecule has 0 radical (unpaired) electrons. The zero-order chi connectivity index (χ0) is 15.6. The van der Waals surface area contributed by atoms with Crippen molar-refractivity contribution in [3.05, 3.63) is 39.2 Å². The Morgan fingerprint density at radius 3 is 2.67 bits per heavy atom. The molecule has 7 heteroatoms. The summed E-state index contributed by atoms with van der Waals surface area (Å²) in [6.45, 7) is 7.55. The first-order chi connectivity index (χ1) is 9.86. The van der Waals surface area contributed by atoms with Gasteiger partial charge in [-0.1, -0.05) is 13.8 Å². The van der Waals surface area contributed by atoms with Crippen LogP contribution in [0.4, 0.5) is 5.82 Å². The largest absolute Gasteiger partial charge is 0.345 e. The second-order valence-corrected chi connectivity index (χ2v) is 5.32. The minimum absolute atomic E-state index is 0.144. The molecule has 112 valence electrons. The van der Waals surface area contributed by atoms with E-state index in [9.17, 15) is 9.59 Å². The molecule has 0 aliphatic heterocycles. The average molecular weight is 289 g/mol. The molecule has 7 nitrogen and oxygen atoms in total. The number of carbonyl (C=O) groups is 1. The minimum atomic E-state index is -0.400. The zero-order valence-corrected chi connectivity index (χ0v) is 12.6. The molecule has 1 amide bonds. The lowest BCUT2D eigenvalue weighted by Crippen LogP contribution is -2.21. The van der Waals surface area contributed by atoms with Crippen LogP contribution in [0.5, 0.6) is 0 Å². The molecule has 0 spiro atoms. The number of hydrogen-bond acceptors (Lipinski definition) is 4. The third-order valence-corrected chi connectivity index (χ3v) is 3.28. The Morgan fingerprint density at radius 1 is 1.38 bits per heavy atom. The second-order valence-electron chi connectivity index (χ2n) is 5.32. The summed E-state index contributed by atoms with van der Waals surface area (Å²) in [6.07, 6.45) is 0.144. The summed E-state index contributed by atoms with van der Waals surface area (Å²) in [7, 11) is 0. The smallest absolute Gasteiger partial charge is 0.310 e. The number of H-pyrrole nitrogens is 2. The van der Waals surface area contributed by atoms with E-state index in [0.29, 0.717) is 23.1 Å². The Bertz CT molecular complexity index is 688. The van der Waals surface area contributed by atoms with Gasteiger partial charge in [0, 0.05) is 28.7 Å². The fourth-order valence-electron chi connectivity index (χ4n) is 2.06. The van der Waals surface area contributed by atoms with Crippen molar-refractivity contribution in [3.63, 3.8) is 0 Å². The van der Waals surface area contributed by atoms with Gasteiger partial charge >= 0.3 is 5.69 Å². The van der Waals surface area contributed by atoms with Crippen LogP contribution in [0.2, 0.25) is 0 Å². The first-order valence-electron chi connectivity index (χ1n) is 6.78. The molecule has 0 aliphatic carbocycles. The Labute approximate surface area is 122 Å². The van der Waals surface area contributed by atoms with Crippen LogP contribution in [0, 0.1) is 13.8 Å². The molecule has 0 fully saturated rings. The molecule has 0 aliphatic rings. The number of carbonyl (C=O) groups excluding carboxylic acids is 1. The van der Waals surface area contributed by atoms with Crippen molar-refractivity contribution >= 4 is 11.7 Å². The monoisotopic (exact) mass is 289 g/mol. The van der Waals surface area contributed by atoms with Crippen molar-refractivity contribution in [2.24, 2.45) is 0 Å². The van der Waals surface area contributed by atoms with Crippen LogP contribution < -0.4 is 11.0 Å². The number of anilines is 1. The number of hydrogen-bond donors (Lipinski definition) is 3. The summed E-state index contributed by atoms with van der Waals surface area (Å²) in [5, 5.41) is 9.66. The van der Waals surface area contributed by atoms with Gasteiger partial charge in [0.2, 0.25) is 5.91 Å². The molecule has 0 aromatic carbocycles. The van der Waals surface area contributed by atoms with Gasteiger partial charge in [-0.15, -0.1) is 0 Å². The average Bonchev–Trinajstić information content (AvgIpc) is 2.82. The van der Waals surface area contributed by atoms with E-state index < -0.39 is 5.69 Å². The quantitative estimate of drug-likeness (QED) is 0.791. The highest BCUT2D eigenvalue weighted by molar-refractivity contribution is 5.91. The Hall–Kier alpha value is -2.44. The standard InChI is InChI=1S/C14H19N5O2/c1-7(2)11-6-12(19-18-11)17-13(20)5-10-8(3)15-14(21)16-9(10)4/h6-7H,5H2,1-4H3,(H,15,16,21)(H2,17,18,19,20). The molecule has 0 bridgehead atoms. The lowest BCUT2D eigenvalue weighted by Gasteiger charge is -2.07. The van der Waals surface area contributed by atoms with E-state index in [2.05, 4.69) is 25.5 Å². The molecule has 0 atom stereocenters. The summed E-state index contributed by atoms with van der Waals surface area (Å²) in [5.41, 5.74) is 2.52. The van der Waals surface area contributed by atoms with Gasteiger partial charge in [-0.25, -0.2) is 4.79 Å². The van der Waals surface area contributed by atoms with E-state index in [0.717, 1.165) is 11.3 Å². The zero-order valence-electron chi connectivity index (χ0n) is 12.6. The summed E-state index contributed by atoms with van der Waals surface area (Å²) in [5.74, 6) is 0.615. The highest BCUT2D eigenvalue weighted by atomic mass is 16.2. The maximum absolute atomic E-state index is 12.1. The fourth-order valence-corrected chi connectivity index (χ4v) is 2.06. The fraction of sp³-hybridized carbons (Fsp3) is 0.429. The molecule has 2 aromatic rings. The third-order valence-electron chi connectivity index (χ3n) is 3.28. The molecule has 2 rings (SSSR count). The second kappa shape index (κ2) is 5.90. The summed E-state index contributed by atoms with van der Waals surface area (Å²) in [4.78, 5) is 29.7. The van der Waals surface area contributed by atoms with Gasteiger partial charge in [-0.3, -0.25) is 9.89 Å². The van der Waals surface area contributed by atoms with E-state index in [1.54, 1.807) is 13.8 Å². The Morgan fingerprint density at radius 2 is 2.10 bits per heavy atom. The van der Waals surface area contributed by atoms with Gasteiger partial charge in [-0.05, 0) is 19.8 Å². The lowest BCUT2D eigenvalue weighted by atomic mass is 10.1. The van der Waals surface area contributed by atoms with Crippen LogP contribution in [0.3, 0.4) is 0 Å². The summed E-state index contributed by atoms with van der Waals surface area (Å²) in [6, 6.07) is 1.81. The van der Waals surface area contributed by atoms with Crippen molar-refractivity contribution in [1.29, 1.82) is 0 Å². The van der Waals surface area contributed by atoms with Crippen LogP contribution in [0.15, 0.2) is 10.9 Å². The number of aryl methyl sites for hydroxylation is 2. The molecule has 0 saturated heterocycles. The van der Waals surface area contributed by atoms with Gasteiger partial charge < -0.3 is 10.3 Å². The molecule has 0 unspecified atom stereocenters. The van der Waals surface area contributed by atoms with Crippen LogP contribution in [-0.4, -0.2) is 26.1 Å². The summed E-state index contributed by atoms with van der Waals surface area (Å²) < 4.78 is 0. The number of amides is 1. The lowest BCUT2D eigenvalue weighted by molar-refractivity contribution is -0.115. The van der Waals surface area contributed by atoms with Gasteiger partial charge in [0.05, 0.1) is 6.42 Å². The predicted octanol–water partition coefficient (Wildman–Crippen LogP) is 1.41. The first-order valence-corrected chi connectivity index (χ1v) is 6.78. The maximum atomic E-state index is 12.1. The number of aromatic nitrogens is 4. The van der Waals surface area contributed by atoms with Crippen LogP contribution in [0.1, 0.15) is 42.4 Å². The van der Waals surface area contributed by atoms with Gasteiger partial charge in [-0.2, -0.15) is 10.1 Å². The number of nitrogens with one attached hydrogen (secondary N) is 3. The van der Waals surface area contributed by atoms with E-state index in [1.807, 2.05) is 19.9 Å². The SMILES string of the molecule is Cc1nc(=O)[nH]c(C)c1CC(=O)Nc1cc(C(C)C)[nH]n1. The van der Waals surface area contributed by atoms with Crippen molar-refractivity contribution in [3.8, 4) is 0 Å². The topological polar surface area (TPSA) is 104 Å². The predicted molar refractivity (Wildman–Crippen MR) is 79.3 cm³/mol. The number of nitrogens with zero attached hydrogens (tertiary/aromatic N) is 2. The van der Waals surface area contributed by atoms with Crippen LogP contribution >= 0.6 is 0 Å². The molecule has 0 saturated carbocycles. The third kappa shape index (κ3) is 3.56. The number of rotatable bonds is 4. The molecule has 2 heterocycles. The Kier molecular flexibility index (Phi) is 4.21.